The largest absolute Gasteiger partial charge is 0.273 e. The van der Waals surface area contributed by atoms with Gasteiger partial charge in [-0.15, -0.1) is 0 Å². The first kappa shape index (κ1) is 9.30. The van der Waals surface area contributed by atoms with Crippen molar-refractivity contribution in [2.24, 2.45) is 10.5 Å². The SMILES string of the molecule is C=C1N(C)/N=C\CCCC1(C)C. The standard InChI is InChI=1S/C10H18N2/c1-9-10(2,3)7-5-6-8-11-12(9)4/h8H,1,5-7H2,2-4H3/b11-8-. The lowest BCUT2D eigenvalue weighted by molar-refractivity contribution is 0.276. The van der Waals surface area contributed by atoms with E-state index in [4.69, 9.17) is 0 Å². The molecule has 2 heteroatoms. The Kier molecular flexibility index (Phi) is 2.55. The number of hydrogen-bond acceptors (Lipinski definition) is 2. The third-order valence-electron chi connectivity index (χ3n) is 2.56. The van der Waals surface area contributed by atoms with E-state index < -0.39 is 0 Å². The van der Waals surface area contributed by atoms with E-state index in [0.29, 0.717) is 0 Å². The van der Waals surface area contributed by atoms with Crippen LogP contribution >= 0.6 is 0 Å². The van der Waals surface area contributed by atoms with E-state index in [0.717, 1.165) is 12.1 Å². The number of allylic oxidation sites excluding steroid dienone is 1. The highest BCUT2D eigenvalue weighted by atomic mass is 15.4. The minimum Gasteiger partial charge on any atom is -0.273 e. The van der Waals surface area contributed by atoms with Gasteiger partial charge in [0.1, 0.15) is 0 Å². The molecule has 0 saturated heterocycles. The van der Waals surface area contributed by atoms with Crippen LogP contribution in [0.25, 0.3) is 0 Å². The summed E-state index contributed by atoms with van der Waals surface area (Å²) in [6, 6.07) is 0. The molecule has 0 spiro atoms. The van der Waals surface area contributed by atoms with Gasteiger partial charge in [-0.25, -0.2) is 0 Å². The van der Waals surface area contributed by atoms with Gasteiger partial charge >= 0.3 is 0 Å². The molecule has 0 radical (unpaired) electrons. The van der Waals surface area contributed by atoms with Crippen LogP contribution < -0.4 is 0 Å². The second-order valence-electron chi connectivity index (χ2n) is 4.04. The van der Waals surface area contributed by atoms with Crippen molar-refractivity contribution in [2.75, 3.05) is 7.05 Å². The van der Waals surface area contributed by atoms with Crippen molar-refractivity contribution in [2.45, 2.75) is 33.1 Å². The quantitative estimate of drug-likeness (QED) is 0.540. The van der Waals surface area contributed by atoms with Gasteiger partial charge in [-0.3, -0.25) is 5.01 Å². The third-order valence-corrected chi connectivity index (χ3v) is 2.56. The molecule has 1 aliphatic heterocycles. The summed E-state index contributed by atoms with van der Waals surface area (Å²) in [5.41, 5.74) is 1.31. The lowest BCUT2D eigenvalue weighted by Gasteiger charge is -2.32. The van der Waals surface area contributed by atoms with Crippen LogP contribution in [-0.4, -0.2) is 18.3 Å². The Morgan fingerprint density at radius 1 is 1.58 bits per heavy atom. The Labute approximate surface area is 75.0 Å². The van der Waals surface area contributed by atoms with Crippen LogP contribution in [-0.2, 0) is 0 Å². The molecule has 12 heavy (non-hydrogen) atoms. The van der Waals surface area contributed by atoms with E-state index in [2.05, 4.69) is 25.5 Å². The summed E-state index contributed by atoms with van der Waals surface area (Å²) in [5.74, 6) is 0. The Balaban J connectivity index is 2.81. The summed E-state index contributed by atoms with van der Waals surface area (Å²) in [5, 5.41) is 6.16. The predicted molar refractivity (Wildman–Crippen MR) is 53.0 cm³/mol. The van der Waals surface area contributed by atoms with Crippen LogP contribution in [0, 0.1) is 5.41 Å². The Morgan fingerprint density at radius 2 is 2.25 bits per heavy atom. The van der Waals surface area contributed by atoms with Crippen molar-refractivity contribution in [3.05, 3.63) is 12.3 Å². The zero-order valence-corrected chi connectivity index (χ0v) is 8.30. The van der Waals surface area contributed by atoms with Gasteiger partial charge < -0.3 is 0 Å². The van der Waals surface area contributed by atoms with Crippen LogP contribution in [0.5, 0.6) is 0 Å². The van der Waals surface area contributed by atoms with Gasteiger partial charge in [0.25, 0.3) is 0 Å². The minimum absolute atomic E-state index is 0.201. The van der Waals surface area contributed by atoms with Gasteiger partial charge in [0, 0.05) is 24.4 Å². The summed E-state index contributed by atoms with van der Waals surface area (Å²) in [4.78, 5) is 0. The molecule has 0 N–H and O–H groups in total. The van der Waals surface area contributed by atoms with E-state index in [1.807, 2.05) is 18.3 Å². The van der Waals surface area contributed by atoms with Crippen molar-refractivity contribution in [1.82, 2.24) is 5.01 Å². The smallest absolute Gasteiger partial charge is 0.0349 e. The average Bonchev–Trinajstić information content (AvgIpc) is 2.00. The Bertz CT molecular complexity index is 204. The van der Waals surface area contributed by atoms with E-state index in [1.165, 1.54) is 12.8 Å². The van der Waals surface area contributed by atoms with Crippen LogP contribution in [0.4, 0.5) is 0 Å². The summed E-state index contributed by atoms with van der Waals surface area (Å²) in [6.45, 7) is 8.52. The first-order valence-corrected chi connectivity index (χ1v) is 4.49. The molecule has 0 saturated carbocycles. The maximum absolute atomic E-state index is 4.27. The zero-order chi connectivity index (χ0) is 9.19. The minimum atomic E-state index is 0.201. The molecule has 0 atom stereocenters. The molecular weight excluding hydrogens is 148 g/mol. The van der Waals surface area contributed by atoms with Crippen molar-refractivity contribution >= 4 is 6.21 Å². The number of rotatable bonds is 0. The third kappa shape index (κ3) is 1.87. The van der Waals surface area contributed by atoms with Gasteiger partial charge in [-0.2, -0.15) is 5.10 Å². The van der Waals surface area contributed by atoms with Crippen molar-refractivity contribution < 1.29 is 0 Å². The molecule has 0 fully saturated rings. The number of hydrogen-bond donors (Lipinski definition) is 0. The molecule has 1 rings (SSSR count). The van der Waals surface area contributed by atoms with Crippen LogP contribution in [0.1, 0.15) is 33.1 Å². The van der Waals surface area contributed by atoms with Crippen LogP contribution in [0.15, 0.2) is 17.4 Å². The van der Waals surface area contributed by atoms with Crippen molar-refractivity contribution in [3.8, 4) is 0 Å². The summed E-state index contributed by atoms with van der Waals surface area (Å²) < 4.78 is 0. The molecule has 1 heterocycles. The van der Waals surface area contributed by atoms with E-state index in [-0.39, 0.29) is 5.41 Å². The predicted octanol–water partition coefficient (Wildman–Crippen LogP) is 2.63. The monoisotopic (exact) mass is 166 g/mol. The molecule has 0 aliphatic carbocycles. The highest BCUT2D eigenvalue weighted by Gasteiger charge is 2.24. The Hall–Kier alpha value is -0.790. The molecule has 68 valence electrons. The molecule has 0 aromatic carbocycles. The molecular formula is C10H18N2. The highest BCUT2D eigenvalue weighted by Crippen LogP contribution is 2.33. The Morgan fingerprint density at radius 3 is 2.92 bits per heavy atom. The van der Waals surface area contributed by atoms with E-state index in [1.54, 1.807) is 0 Å². The van der Waals surface area contributed by atoms with Crippen LogP contribution in [0.3, 0.4) is 0 Å². The van der Waals surface area contributed by atoms with Gasteiger partial charge in [-0.1, -0.05) is 20.4 Å². The fraction of sp³-hybridized carbons (Fsp3) is 0.700. The van der Waals surface area contributed by atoms with Gasteiger partial charge in [0.15, 0.2) is 0 Å². The number of hydrazone groups is 1. The first-order valence-electron chi connectivity index (χ1n) is 4.49. The van der Waals surface area contributed by atoms with E-state index in [9.17, 15) is 0 Å². The first-order chi connectivity index (χ1) is 5.54. The molecule has 0 amide bonds. The fourth-order valence-electron chi connectivity index (χ4n) is 1.47. The summed E-state index contributed by atoms with van der Waals surface area (Å²) in [7, 11) is 1.96. The van der Waals surface area contributed by atoms with Gasteiger partial charge in [0.2, 0.25) is 0 Å². The molecule has 1 aliphatic rings. The zero-order valence-electron chi connectivity index (χ0n) is 8.30. The van der Waals surface area contributed by atoms with E-state index >= 15 is 0 Å². The second kappa shape index (κ2) is 3.30. The maximum atomic E-state index is 4.27. The topological polar surface area (TPSA) is 15.6 Å². The van der Waals surface area contributed by atoms with Crippen molar-refractivity contribution in [1.29, 1.82) is 0 Å². The normalized spacial score (nSPS) is 26.2. The highest BCUT2D eigenvalue weighted by molar-refractivity contribution is 5.57. The summed E-state index contributed by atoms with van der Waals surface area (Å²) in [6.07, 6.45) is 5.47. The number of nitrogens with zero attached hydrogens (tertiary/aromatic N) is 2. The maximum Gasteiger partial charge on any atom is 0.0349 e. The second-order valence-corrected chi connectivity index (χ2v) is 4.04. The van der Waals surface area contributed by atoms with Crippen molar-refractivity contribution in [3.63, 3.8) is 0 Å². The van der Waals surface area contributed by atoms with Crippen LogP contribution in [0.2, 0.25) is 0 Å². The summed E-state index contributed by atoms with van der Waals surface area (Å²) >= 11 is 0. The molecule has 2 nitrogen and oxygen atoms in total. The van der Waals surface area contributed by atoms with Gasteiger partial charge in [0.05, 0.1) is 0 Å². The molecule has 0 unspecified atom stereocenters. The lowest BCUT2D eigenvalue weighted by Crippen LogP contribution is -2.26. The molecule has 0 bridgehead atoms. The lowest BCUT2D eigenvalue weighted by atomic mass is 9.84. The molecule has 0 aromatic rings. The van der Waals surface area contributed by atoms with Gasteiger partial charge in [-0.05, 0) is 19.3 Å². The fourth-order valence-corrected chi connectivity index (χ4v) is 1.47. The average molecular weight is 166 g/mol. The molecule has 0 aromatic heterocycles.